The van der Waals surface area contributed by atoms with Crippen LogP contribution in [0, 0.1) is 0 Å². The summed E-state index contributed by atoms with van der Waals surface area (Å²) in [5.41, 5.74) is 0. The molecule has 3 nitrogen and oxygen atoms in total. The van der Waals surface area contributed by atoms with Crippen molar-refractivity contribution >= 4 is 16.6 Å². The maximum Gasteiger partial charge on any atom is 0.389 e. The van der Waals surface area contributed by atoms with Crippen LogP contribution in [-0.2, 0) is 0 Å². The molecule has 0 fully saturated rings. The monoisotopic (exact) mass is 298 g/mol. The summed E-state index contributed by atoms with van der Waals surface area (Å²) in [6.45, 7) is 0.466. The van der Waals surface area contributed by atoms with Crippen molar-refractivity contribution < 1.29 is 17.9 Å². The zero-order valence-corrected chi connectivity index (χ0v) is 11.7. The van der Waals surface area contributed by atoms with Gasteiger partial charge in [0.2, 0.25) is 0 Å². The first-order valence-electron chi connectivity index (χ1n) is 6.73. The average molecular weight is 298 g/mol. The third kappa shape index (κ3) is 4.51. The van der Waals surface area contributed by atoms with E-state index in [9.17, 15) is 13.2 Å². The van der Waals surface area contributed by atoms with E-state index in [2.05, 4.69) is 10.3 Å². The van der Waals surface area contributed by atoms with Gasteiger partial charge >= 0.3 is 6.18 Å². The van der Waals surface area contributed by atoms with Gasteiger partial charge in [-0.05, 0) is 42.5 Å². The molecule has 1 aromatic carbocycles. The van der Waals surface area contributed by atoms with Gasteiger partial charge in [-0.1, -0.05) is 0 Å². The molecule has 0 saturated heterocycles. The summed E-state index contributed by atoms with van der Waals surface area (Å²) in [5.74, 6) is 1.44. The Morgan fingerprint density at radius 3 is 2.71 bits per heavy atom. The summed E-state index contributed by atoms with van der Waals surface area (Å²) in [7, 11) is 1.60. The Bertz CT molecular complexity index is 599. The van der Waals surface area contributed by atoms with Gasteiger partial charge in [0, 0.05) is 24.5 Å². The van der Waals surface area contributed by atoms with Crippen LogP contribution in [0.5, 0.6) is 5.75 Å². The van der Waals surface area contributed by atoms with Crippen LogP contribution in [0.2, 0.25) is 0 Å². The lowest BCUT2D eigenvalue weighted by Gasteiger charge is -2.10. The SMILES string of the molecule is COc1ccc2c(NCCCCC(F)(F)F)nccc2c1. The Labute approximate surface area is 121 Å². The molecule has 6 heteroatoms. The van der Waals surface area contributed by atoms with Crippen molar-refractivity contribution in [3.8, 4) is 5.75 Å². The highest BCUT2D eigenvalue weighted by molar-refractivity contribution is 5.92. The number of benzene rings is 1. The molecule has 2 aromatic rings. The number of hydrogen-bond donors (Lipinski definition) is 1. The Hall–Kier alpha value is -1.98. The molecular formula is C15H17F3N2O. The molecule has 0 aliphatic carbocycles. The molecule has 0 spiro atoms. The molecular weight excluding hydrogens is 281 g/mol. The lowest BCUT2D eigenvalue weighted by atomic mass is 10.1. The van der Waals surface area contributed by atoms with Crippen molar-refractivity contribution in [3.63, 3.8) is 0 Å². The average Bonchev–Trinajstić information content (AvgIpc) is 2.45. The second kappa shape index (κ2) is 6.65. The summed E-state index contributed by atoms with van der Waals surface area (Å²) in [4.78, 5) is 4.23. The molecule has 0 amide bonds. The molecule has 0 aliphatic heterocycles. The third-order valence-electron chi connectivity index (χ3n) is 3.15. The Kier molecular flexibility index (Phi) is 4.88. The minimum Gasteiger partial charge on any atom is -0.497 e. The van der Waals surface area contributed by atoms with Gasteiger partial charge in [0.1, 0.15) is 11.6 Å². The van der Waals surface area contributed by atoms with E-state index >= 15 is 0 Å². The van der Waals surface area contributed by atoms with Gasteiger partial charge in [-0.3, -0.25) is 0 Å². The fourth-order valence-electron chi connectivity index (χ4n) is 2.08. The Morgan fingerprint density at radius 2 is 2.00 bits per heavy atom. The number of ether oxygens (including phenoxy) is 1. The van der Waals surface area contributed by atoms with Gasteiger partial charge in [0.05, 0.1) is 7.11 Å². The van der Waals surface area contributed by atoms with Crippen molar-refractivity contribution in [2.75, 3.05) is 19.0 Å². The standard InChI is InChI=1S/C15H17F3N2O/c1-21-12-4-5-13-11(10-12)6-9-20-14(13)19-8-3-2-7-15(16,17)18/h4-6,9-10H,2-3,7-8H2,1H3,(H,19,20). The summed E-state index contributed by atoms with van der Waals surface area (Å²) in [6.07, 6.45) is -2.58. The first-order chi connectivity index (χ1) is 9.99. The predicted octanol–water partition coefficient (Wildman–Crippen LogP) is 4.39. The molecule has 0 saturated carbocycles. The van der Waals surface area contributed by atoms with Crippen molar-refractivity contribution in [3.05, 3.63) is 30.5 Å². The second-order valence-electron chi connectivity index (χ2n) is 4.75. The number of aromatic nitrogens is 1. The van der Waals surface area contributed by atoms with Crippen molar-refractivity contribution in [1.82, 2.24) is 4.98 Å². The first kappa shape index (κ1) is 15.4. The number of unbranched alkanes of at least 4 members (excludes halogenated alkanes) is 1. The second-order valence-corrected chi connectivity index (χ2v) is 4.75. The number of rotatable bonds is 6. The number of nitrogens with one attached hydrogen (secondary N) is 1. The summed E-state index contributed by atoms with van der Waals surface area (Å²) >= 11 is 0. The summed E-state index contributed by atoms with van der Waals surface area (Å²) in [5, 5.41) is 4.99. The van der Waals surface area contributed by atoms with Crippen molar-refractivity contribution in [2.45, 2.75) is 25.4 Å². The quantitative estimate of drug-likeness (QED) is 0.803. The minimum atomic E-state index is -4.08. The fraction of sp³-hybridized carbons (Fsp3) is 0.400. The molecule has 2 rings (SSSR count). The summed E-state index contributed by atoms with van der Waals surface area (Å²) in [6, 6.07) is 7.48. The number of hydrogen-bond acceptors (Lipinski definition) is 3. The number of fused-ring (bicyclic) bond motifs is 1. The van der Waals surface area contributed by atoms with Gasteiger partial charge < -0.3 is 10.1 Å². The lowest BCUT2D eigenvalue weighted by Crippen LogP contribution is -2.09. The van der Waals surface area contributed by atoms with Crippen LogP contribution in [0.1, 0.15) is 19.3 Å². The van der Waals surface area contributed by atoms with E-state index in [1.165, 1.54) is 0 Å². The first-order valence-corrected chi connectivity index (χ1v) is 6.73. The van der Waals surface area contributed by atoms with E-state index in [1.54, 1.807) is 13.3 Å². The molecule has 114 valence electrons. The third-order valence-corrected chi connectivity index (χ3v) is 3.15. The number of halogens is 3. The maximum atomic E-state index is 12.0. The Balaban J connectivity index is 1.96. The molecule has 1 aromatic heterocycles. The number of nitrogens with zero attached hydrogens (tertiary/aromatic N) is 1. The van der Waals surface area contributed by atoms with Gasteiger partial charge in [-0.15, -0.1) is 0 Å². The van der Waals surface area contributed by atoms with E-state index in [1.807, 2.05) is 24.3 Å². The van der Waals surface area contributed by atoms with E-state index in [0.29, 0.717) is 18.8 Å². The van der Waals surface area contributed by atoms with Gasteiger partial charge in [-0.2, -0.15) is 13.2 Å². The van der Waals surface area contributed by atoms with Crippen LogP contribution in [0.3, 0.4) is 0 Å². The maximum absolute atomic E-state index is 12.0. The van der Waals surface area contributed by atoms with E-state index in [0.717, 1.165) is 16.5 Å². The highest BCUT2D eigenvalue weighted by Crippen LogP contribution is 2.26. The molecule has 0 unspecified atom stereocenters. The van der Waals surface area contributed by atoms with Crippen LogP contribution in [0.4, 0.5) is 19.0 Å². The smallest absolute Gasteiger partial charge is 0.389 e. The van der Waals surface area contributed by atoms with Crippen LogP contribution in [0.25, 0.3) is 10.8 Å². The zero-order chi connectivity index (χ0) is 15.3. The largest absolute Gasteiger partial charge is 0.497 e. The lowest BCUT2D eigenvalue weighted by molar-refractivity contribution is -0.135. The minimum absolute atomic E-state index is 0.120. The van der Waals surface area contributed by atoms with Crippen LogP contribution in [-0.4, -0.2) is 24.8 Å². The van der Waals surface area contributed by atoms with E-state index < -0.39 is 12.6 Å². The molecule has 1 heterocycles. The van der Waals surface area contributed by atoms with E-state index in [-0.39, 0.29) is 6.42 Å². The van der Waals surface area contributed by atoms with Gasteiger partial charge in [0.15, 0.2) is 0 Å². The number of anilines is 1. The van der Waals surface area contributed by atoms with Gasteiger partial charge in [0.25, 0.3) is 0 Å². The van der Waals surface area contributed by atoms with Crippen LogP contribution < -0.4 is 10.1 Å². The molecule has 0 aliphatic rings. The molecule has 0 atom stereocenters. The van der Waals surface area contributed by atoms with Crippen molar-refractivity contribution in [2.24, 2.45) is 0 Å². The number of pyridine rings is 1. The molecule has 0 bridgehead atoms. The van der Waals surface area contributed by atoms with Gasteiger partial charge in [-0.25, -0.2) is 4.98 Å². The normalized spacial score (nSPS) is 11.6. The summed E-state index contributed by atoms with van der Waals surface area (Å²) < 4.78 is 41.3. The zero-order valence-electron chi connectivity index (χ0n) is 11.7. The van der Waals surface area contributed by atoms with Crippen molar-refractivity contribution in [1.29, 1.82) is 0 Å². The van der Waals surface area contributed by atoms with Crippen LogP contribution >= 0.6 is 0 Å². The number of methoxy groups -OCH3 is 1. The fourth-order valence-corrected chi connectivity index (χ4v) is 2.08. The highest BCUT2D eigenvalue weighted by atomic mass is 19.4. The molecule has 1 N–H and O–H groups in total. The molecule has 21 heavy (non-hydrogen) atoms. The van der Waals surface area contributed by atoms with Crippen LogP contribution in [0.15, 0.2) is 30.5 Å². The topological polar surface area (TPSA) is 34.1 Å². The predicted molar refractivity (Wildman–Crippen MR) is 76.7 cm³/mol. The van der Waals surface area contributed by atoms with E-state index in [4.69, 9.17) is 4.74 Å². The number of alkyl halides is 3. The molecule has 0 radical (unpaired) electrons. The Morgan fingerprint density at radius 1 is 1.19 bits per heavy atom. The highest BCUT2D eigenvalue weighted by Gasteiger charge is 2.25.